The van der Waals surface area contributed by atoms with Gasteiger partial charge in [0.05, 0.1) is 5.69 Å². The van der Waals surface area contributed by atoms with Gasteiger partial charge in [0, 0.05) is 12.3 Å². The van der Waals surface area contributed by atoms with E-state index in [2.05, 4.69) is 50.0 Å². The van der Waals surface area contributed by atoms with Crippen LogP contribution in [0.15, 0.2) is 34.9 Å². The molecular formula is C21H29NO. The summed E-state index contributed by atoms with van der Waals surface area (Å²) in [6.45, 7) is 8.72. The monoisotopic (exact) mass is 311 g/mol. The lowest BCUT2D eigenvalue weighted by atomic mass is 9.76. The van der Waals surface area contributed by atoms with Crippen molar-refractivity contribution in [2.45, 2.75) is 71.6 Å². The number of aromatic nitrogens is 1. The fourth-order valence-corrected chi connectivity index (χ4v) is 4.08. The average Bonchev–Trinajstić information content (AvgIpc) is 3.17. The first kappa shape index (κ1) is 16.3. The molecule has 2 nitrogen and oxygen atoms in total. The van der Waals surface area contributed by atoms with E-state index in [1.165, 1.54) is 49.7 Å². The van der Waals surface area contributed by atoms with Crippen molar-refractivity contribution in [3.05, 3.63) is 53.2 Å². The lowest BCUT2D eigenvalue weighted by Crippen LogP contribution is -2.21. The number of aryl methyl sites for hydroxylation is 1. The highest BCUT2D eigenvalue weighted by molar-refractivity contribution is 5.36. The first-order valence-electron chi connectivity index (χ1n) is 8.97. The fourth-order valence-electron chi connectivity index (χ4n) is 4.08. The minimum atomic E-state index is -0.122. The summed E-state index contributed by atoms with van der Waals surface area (Å²) in [6.07, 6.45) is 9.88. The summed E-state index contributed by atoms with van der Waals surface area (Å²) in [5.41, 5.74) is 4.22. The lowest BCUT2D eigenvalue weighted by molar-refractivity contribution is 0.282. The predicted molar refractivity (Wildman–Crippen MR) is 94.7 cm³/mol. The third-order valence-corrected chi connectivity index (χ3v) is 5.90. The summed E-state index contributed by atoms with van der Waals surface area (Å²) in [7, 11) is 0. The molecule has 124 valence electrons. The maximum atomic E-state index is 5.43. The molecule has 2 heteroatoms. The molecule has 23 heavy (non-hydrogen) atoms. The van der Waals surface area contributed by atoms with E-state index in [4.69, 9.17) is 4.42 Å². The standard InChI is InChI=1S/C21H29NO/c1-5-21(11-6-7-12-21)14-17-9-8-10-18(13-17)20(3,4)19-15-23-16(2)22-19/h8-10,13,15H,5-7,11-12,14H2,1-4H3. The number of benzene rings is 1. The van der Waals surface area contributed by atoms with Gasteiger partial charge in [0.25, 0.3) is 0 Å². The largest absolute Gasteiger partial charge is 0.449 e. The third-order valence-electron chi connectivity index (χ3n) is 5.90. The normalized spacial score (nSPS) is 17.6. The van der Waals surface area contributed by atoms with Gasteiger partial charge in [0.2, 0.25) is 0 Å². The minimum Gasteiger partial charge on any atom is -0.449 e. The van der Waals surface area contributed by atoms with Gasteiger partial charge >= 0.3 is 0 Å². The van der Waals surface area contributed by atoms with E-state index < -0.39 is 0 Å². The van der Waals surface area contributed by atoms with Gasteiger partial charge in [-0.2, -0.15) is 0 Å². The Labute approximate surface area is 140 Å². The SMILES string of the molecule is CCC1(Cc2cccc(C(C)(C)c3coc(C)n3)c2)CCCC1. The van der Waals surface area contributed by atoms with Crippen LogP contribution < -0.4 is 0 Å². The Hall–Kier alpha value is -1.57. The summed E-state index contributed by atoms with van der Waals surface area (Å²) in [6, 6.07) is 9.11. The molecule has 0 atom stereocenters. The molecule has 1 fully saturated rings. The van der Waals surface area contributed by atoms with Crippen molar-refractivity contribution in [1.82, 2.24) is 4.98 Å². The van der Waals surface area contributed by atoms with Crippen LogP contribution >= 0.6 is 0 Å². The van der Waals surface area contributed by atoms with Gasteiger partial charge in [-0.25, -0.2) is 4.98 Å². The average molecular weight is 311 g/mol. The minimum absolute atomic E-state index is 0.122. The number of hydrogen-bond donors (Lipinski definition) is 0. The van der Waals surface area contributed by atoms with Gasteiger partial charge in [0.15, 0.2) is 5.89 Å². The maximum Gasteiger partial charge on any atom is 0.191 e. The highest BCUT2D eigenvalue weighted by Gasteiger charge is 2.33. The Morgan fingerprint density at radius 1 is 1.22 bits per heavy atom. The van der Waals surface area contributed by atoms with E-state index in [-0.39, 0.29) is 5.41 Å². The molecule has 2 aromatic rings. The third kappa shape index (κ3) is 3.22. The van der Waals surface area contributed by atoms with E-state index >= 15 is 0 Å². The van der Waals surface area contributed by atoms with Crippen molar-refractivity contribution in [3.8, 4) is 0 Å². The van der Waals surface area contributed by atoms with Crippen molar-refractivity contribution in [3.63, 3.8) is 0 Å². The van der Waals surface area contributed by atoms with Crippen LogP contribution in [0, 0.1) is 12.3 Å². The van der Waals surface area contributed by atoms with Crippen molar-refractivity contribution < 1.29 is 4.42 Å². The van der Waals surface area contributed by atoms with Crippen LogP contribution in [0.1, 0.15) is 75.6 Å². The smallest absolute Gasteiger partial charge is 0.191 e. The molecule has 0 saturated heterocycles. The van der Waals surface area contributed by atoms with Gasteiger partial charge in [-0.05, 0) is 35.8 Å². The Balaban J connectivity index is 1.87. The molecule has 1 heterocycles. The topological polar surface area (TPSA) is 26.0 Å². The summed E-state index contributed by atoms with van der Waals surface area (Å²) < 4.78 is 5.43. The van der Waals surface area contributed by atoms with Gasteiger partial charge in [0.1, 0.15) is 6.26 Å². The second-order valence-corrected chi connectivity index (χ2v) is 7.81. The molecule has 3 rings (SSSR count). The van der Waals surface area contributed by atoms with Crippen LogP contribution in [0.5, 0.6) is 0 Å². The van der Waals surface area contributed by atoms with Crippen LogP contribution in [0.3, 0.4) is 0 Å². The predicted octanol–water partition coefficient (Wildman–Crippen LogP) is 5.82. The molecule has 0 bridgehead atoms. The van der Waals surface area contributed by atoms with Crippen LogP contribution in [0.4, 0.5) is 0 Å². The molecule has 0 aliphatic heterocycles. The second-order valence-electron chi connectivity index (χ2n) is 7.81. The van der Waals surface area contributed by atoms with Crippen LogP contribution in [-0.4, -0.2) is 4.98 Å². The van der Waals surface area contributed by atoms with E-state index in [0.29, 0.717) is 5.41 Å². The van der Waals surface area contributed by atoms with Gasteiger partial charge in [-0.15, -0.1) is 0 Å². The maximum absolute atomic E-state index is 5.43. The Kier molecular flexibility index (Phi) is 4.35. The molecule has 0 radical (unpaired) electrons. The summed E-state index contributed by atoms with van der Waals surface area (Å²) in [4.78, 5) is 4.55. The van der Waals surface area contributed by atoms with Crippen LogP contribution in [0.2, 0.25) is 0 Å². The number of rotatable bonds is 5. The van der Waals surface area contributed by atoms with Gasteiger partial charge in [-0.3, -0.25) is 0 Å². The highest BCUT2D eigenvalue weighted by atomic mass is 16.3. The van der Waals surface area contributed by atoms with E-state index in [1.807, 2.05) is 6.92 Å². The van der Waals surface area contributed by atoms with E-state index in [9.17, 15) is 0 Å². The molecule has 0 unspecified atom stereocenters. The Morgan fingerprint density at radius 2 is 1.96 bits per heavy atom. The molecular weight excluding hydrogens is 282 g/mol. The molecule has 1 aromatic heterocycles. The first-order chi connectivity index (χ1) is 11.0. The molecule has 0 spiro atoms. The zero-order valence-electron chi connectivity index (χ0n) is 15.0. The Bertz CT molecular complexity index is 662. The summed E-state index contributed by atoms with van der Waals surface area (Å²) in [5.74, 6) is 0.736. The molecule has 1 saturated carbocycles. The summed E-state index contributed by atoms with van der Waals surface area (Å²) in [5, 5.41) is 0. The summed E-state index contributed by atoms with van der Waals surface area (Å²) >= 11 is 0. The van der Waals surface area contributed by atoms with E-state index in [1.54, 1.807) is 6.26 Å². The molecule has 1 aliphatic carbocycles. The van der Waals surface area contributed by atoms with Gasteiger partial charge in [-0.1, -0.05) is 64.3 Å². The number of hydrogen-bond acceptors (Lipinski definition) is 2. The van der Waals surface area contributed by atoms with Crippen molar-refractivity contribution in [2.24, 2.45) is 5.41 Å². The van der Waals surface area contributed by atoms with E-state index in [0.717, 1.165) is 11.6 Å². The quantitative estimate of drug-likeness (QED) is 0.695. The first-order valence-corrected chi connectivity index (χ1v) is 8.97. The number of nitrogens with zero attached hydrogens (tertiary/aromatic N) is 1. The number of oxazole rings is 1. The zero-order valence-corrected chi connectivity index (χ0v) is 15.0. The lowest BCUT2D eigenvalue weighted by Gasteiger charge is -2.29. The van der Waals surface area contributed by atoms with Crippen molar-refractivity contribution in [1.29, 1.82) is 0 Å². The second kappa shape index (κ2) is 6.14. The molecule has 1 aliphatic rings. The fraction of sp³-hybridized carbons (Fsp3) is 0.571. The molecule has 0 N–H and O–H groups in total. The zero-order chi connectivity index (χ0) is 16.5. The van der Waals surface area contributed by atoms with Crippen molar-refractivity contribution in [2.75, 3.05) is 0 Å². The highest BCUT2D eigenvalue weighted by Crippen LogP contribution is 2.44. The van der Waals surface area contributed by atoms with Gasteiger partial charge < -0.3 is 4.42 Å². The Morgan fingerprint density at radius 3 is 2.57 bits per heavy atom. The van der Waals surface area contributed by atoms with Crippen LogP contribution in [0.25, 0.3) is 0 Å². The van der Waals surface area contributed by atoms with Crippen LogP contribution in [-0.2, 0) is 11.8 Å². The molecule has 1 aromatic carbocycles. The molecule has 0 amide bonds. The van der Waals surface area contributed by atoms with Crippen molar-refractivity contribution >= 4 is 0 Å².